The average molecular weight is 255 g/mol. The third-order valence-electron chi connectivity index (χ3n) is 3.14. The number of Topliss-reactive ketones (excluding diaryl/α,β-unsaturated/α-hetero) is 1. The van der Waals surface area contributed by atoms with Gasteiger partial charge >= 0.3 is 0 Å². The zero-order valence-corrected chi connectivity index (χ0v) is 10.7. The molecule has 1 nitrogen and oxygen atoms in total. The molecule has 0 saturated carbocycles. The van der Waals surface area contributed by atoms with E-state index < -0.39 is 0 Å². The smallest absolute Gasteiger partial charge is 0.170 e. The molecule has 2 aromatic rings. The first-order valence-corrected chi connectivity index (χ1v) is 6.36. The molecule has 2 aromatic carbocycles. The second-order valence-electron chi connectivity index (χ2n) is 4.48. The molecular formula is C17H16FO. The van der Waals surface area contributed by atoms with Crippen molar-refractivity contribution in [1.82, 2.24) is 0 Å². The molecule has 0 amide bonds. The number of ketones is 1. The van der Waals surface area contributed by atoms with Crippen LogP contribution in [0.15, 0.2) is 54.6 Å². The summed E-state index contributed by atoms with van der Waals surface area (Å²) in [4.78, 5) is 12.5. The van der Waals surface area contributed by atoms with Gasteiger partial charge in [-0.15, -0.1) is 0 Å². The van der Waals surface area contributed by atoms with Gasteiger partial charge in [-0.2, -0.15) is 0 Å². The van der Waals surface area contributed by atoms with Crippen LogP contribution in [0.25, 0.3) is 0 Å². The molecule has 0 aliphatic rings. The number of benzene rings is 2. The second-order valence-corrected chi connectivity index (χ2v) is 4.48. The van der Waals surface area contributed by atoms with Gasteiger partial charge in [-0.05, 0) is 36.2 Å². The predicted octanol–water partition coefficient (Wildman–Crippen LogP) is 4.41. The SMILES string of the molecule is [CH2]CCC(C(=O)c1ccc(F)cc1)c1ccccc1. The summed E-state index contributed by atoms with van der Waals surface area (Å²) < 4.78 is 12.9. The molecule has 0 aromatic heterocycles. The quantitative estimate of drug-likeness (QED) is 0.723. The van der Waals surface area contributed by atoms with E-state index in [1.807, 2.05) is 30.3 Å². The summed E-state index contributed by atoms with van der Waals surface area (Å²) in [7, 11) is 0. The number of carbonyl (C=O) groups excluding carboxylic acids is 1. The van der Waals surface area contributed by atoms with Crippen molar-refractivity contribution in [3.63, 3.8) is 0 Å². The Morgan fingerprint density at radius 2 is 1.68 bits per heavy atom. The molecule has 2 heteroatoms. The summed E-state index contributed by atoms with van der Waals surface area (Å²) in [5, 5.41) is 0. The van der Waals surface area contributed by atoms with Crippen LogP contribution in [0.5, 0.6) is 0 Å². The third-order valence-corrected chi connectivity index (χ3v) is 3.14. The Labute approximate surface area is 113 Å². The van der Waals surface area contributed by atoms with Crippen molar-refractivity contribution in [2.75, 3.05) is 0 Å². The lowest BCUT2D eigenvalue weighted by molar-refractivity contribution is 0.0955. The predicted molar refractivity (Wildman–Crippen MR) is 74.5 cm³/mol. The van der Waals surface area contributed by atoms with E-state index in [4.69, 9.17) is 0 Å². The molecule has 0 fully saturated rings. The molecule has 0 aliphatic carbocycles. The summed E-state index contributed by atoms with van der Waals surface area (Å²) in [5.41, 5.74) is 1.53. The standard InChI is InChI=1S/C17H16FO/c1-2-6-16(13-7-4-3-5-8-13)17(19)14-9-11-15(18)12-10-14/h3-5,7-12,16H,1-2,6H2. The van der Waals surface area contributed by atoms with Crippen LogP contribution >= 0.6 is 0 Å². The first-order valence-electron chi connectivity index (χ1n) is 6.36. The highest BCUT2D eigenvalue weighted by Crippen LogP contribution is 2.25. The van der Waals surface area contributed by atoms with Crippen molar-refractivity contribution in [2.24, 2.45) is 0 Å². The Kier molecular flexibility index (Phi) is 4.45. The number of carbonyl (C=O) groups is 1. The van der Waals surface area contributed by atoms with Crippen LogP contribution < -0.4 is 0 Å². The number of halogens is 1. The number of rotatable bonds is 5. The Morgan fingerprint density at radius 3 is 2.26 bits per heavy atom. The molecule has 19 heavy (non-hydrogen) atoms. The third kappa shape index (κ3) is 3.28. The topological polar surface area (TPSA) is 17.1 Å². The van der Waals surface area contributed by atoms with E-state index >= 15 is 0 Å². The average Bonchev–Trinajstić information content (AvgIpc) is 2.46. The first kappa shape index (κ1) is 13.5. The largest absolute Gasteiger partial charge is 0.293 e. The van der Waals surface area contributed by atoms with Crippen LogP contribution in [-0.4, -0.2) is 5.78 Å². The lowest BCUT2D eigenvalue weighted by Crippen LogP contribution is -2.13. The lowest BCUT2D eigenvalue weighted by Gasteiger charge is -2.15. The Morgan fingerprint density at radius 1 is 1.05 bits per heavy atom. The summed E-state index contributed by atoms with van der Waals surface area (Å²) >= 11 is 0. The molecule has 1 atom stereocenters. The molecule has 0 aliphatic heterocycles. The van der Waals surface area contributed by atoms with Crippen LogP contribution in [0, 0.1) is 12.7 Å². The molecule has 0 N–H and O–H groups in total. The maximum atomic E-state index is 12.9. The molecule has 1 unspecified atom stereocenters. The minimum absolute atomic E-state index is 0.0230. The fourth-order valence-corrected chi connectivity index (χ4v) is 2.15. The van der Waals surface area contributed by atoms with E-state index in [2.05, 4.69) is 6.92 Å². The molecule has 0 bridgehead atoms. The molecule has 1 radical (unpaired) electrons. The van der Waals surface area contributed by atoms with Crippen molar-refractivity contribution in [3.8, 4) is 0 Å². The van der Waals surface area contributed by atoms with Crippen LogP contribution in [0.3, 0.4) is 0 Å². The number of hydrogen-bond acceptors (Lipinski definition) is 1. The summed E-state index contributed by atoms with van der Waals surface area (Å²) in [6, 6.07) is 15.4. The van der Waals surface area contributed by atoms with Gasteiger partial charge in [-0.1, -0.05) is 43.7 Å². The van der Waals surface area contributed by atoms with Gasteiger partial charge in [0, 0.05) is 11.5 Å². The maximum absolute atomic E-state index is 12.9. The van der Waals surface area contributed by atoms with E-state index in [0.29, 0.717) is 18.4 Å². The minimum Gasteiger partial charge on any atom is -0.293 e. The molecule has 97 valence electrons. The van der Waals surface area contributed by atoms with Gasteiger partial charge < -0.3 is 0 Å². The zero-order chi connectivity index (χ0) is 13.7. The molecule has 0 heterocycles. The van der Waals surface area contributed by atoms with E-state index in [1.165, 1.54) is 24.3 Å². The van der Waals surface area contributed by atoms with Crippen molar-refractivity contribution in [1.29, 1.82) is 0 Å². The van der Waals surface area contributed by atoms with E-state index in [9.17, 15) is 9.18 Å². The Bertz CT molecular complexity index is 531. The molecule has 0 spiro atoms. The van der Waals surface area contributed by atoms with Gasteiger partial charge in [0.05, 0.1) is 0 Å². The Balaban J connectivity index is 2.29. The van der Waals surface area contributed by atoms with Crippen LogP contribution in [0.4, 0.5) is 4.39 Å². The van der Waals surface area contributed by atoms with Crippen LogP contribution in [0.2, 0.25) is 0 Å². The van der Waals surface area contributed by atoms with Gasteiger partial charge in [0.2, 0.25) is 0 Å². The highest BCUT2D eigenvalue weighted by atomic mass is 19.1. The fraction of sp³-hybridized carbons (Fsp3) is 0.176. The fourth-order valence-electron chi connectivity index (χ4n) is 2.15. The van der Waals surface area contributed by atoms with E-state index in [0.717, 1.165) is 5.56 Å². The van der Waals surface area contributed by atoms with Gasteiger partial charge in [0.15, 0.2) is 5.78 Å². The van der Waals surface area contributed by atoms with Gasteiger partial charge in [-0.3, -0.25) is 4.79 Å². The highest BCUT2D eigenvalue weighted by Gasteiger charge is 2.20. The van der Waals surface area contributed by atoms with Crippen molar-refractivity contribution >= 4 is 5.78 Å². The number of hydrogen-bond donors (Lipinski definition) is 0. The van der Waals surface area contributed by atoms with Gasteiger partial charge in [0.1, 0.15) is 5.82 Å². The summed E-state index contributed by atoms with van der Waals surface area (Å²) in [6.45, 7) is 3.83. The highest BCUT2D eigenvalue weighted by molar-refractivity contribution is 6.00. The van der Waals surface area contributed by atoms with Crippen LogP contribution in [0.1, 0.15) is 34.7 Å². The summed E-state index contributed by atoms with van der Waals surface area (Å²) in [6.07, 6.45) is 1.38. The van der Waals surface area contributed by atoms with Crippen molar-refractivity contribution in [3.05, 3.63) is 78.5 Å². The summed E-state index contributed by atoms with van der Waals surface area (Å²) in [5.74, 6) is -0.510. The van der Waals surface area contributed by atoms with Gasteiger partial charge in [-0.25, -0.2) is 4.39 Å². The normalized spacial score (nSPS) is 12.1. The first-order chi connectivity index (χ1) is 9.22. The molecule has 2 rings (SSSR count). The second kappa shape index (κ2) is 6.28. The van der Waals surface area contributed by atoms with Crippen LogP contribution in [-0.2, 0) is 0 Å². The van der Waals surface area contributed by atoms with E-state index in [1.54, 1.807) is 0 Å². The van der Waals surface area contributed by atoms with Crippen molar-refractivity contribution in [2.45, 2.75) is 18.8 Å². The lowest BCUT2D eigenvalue weighted by atomic mass is 9.87. The molecular weight excluding hydrogens is 239 g/mol. The zero-order valence-electron chi connectivity index (χ0n) is 10.7. The maximum Gasteiger partial charge on any atom is 0.170 e. The molecule has 0 saturated heterocycles. The van der Waals surface area contributed by atoms with Gasteiger partial charge in [0.25, 0.3) is 0 Å². The Hall–Kier alpha value is -1.96. The van der Waals surface area contributed by atoms with E-state index in [-0.39, 0.29) is 17.5 Å². The monoisotopic (exact) mass is 255 g/mol. The minimum atomic E-state index is -0.329. The van der Waals surface area contributed by atoms with Crippen molar-refractivity contribution < 1.29 is 9.18 Å².